The van der Waals surface area contributed by atoms with Crippen LogP contribution in [0.5, 0.6) is 17.2 Å². The molecule has 1 saturated heterocycles. The molecule has 2 aromatic carbocycles. The summed E-state index contributed by atoms with van der Waals surface area (Å²) in [6.07, 6.45) is -5.42. The summed E-state index contributed by atoms with van der Waals surface area (Å²) in [6.45, 7) is 1.57. The lowest BCUT2D eigenvalue weighted by Crippen LogP contribution is -2.52. The van der Waals surface area contributed by atoms with Gasteiger partial charge in [-0.2, -0.15) is 0 Å². The third-order valence-corrected chi connectivity index (χ3v) is 7.54. The highest BCUT2D eigenvalue weighted by Gasteiger charge is 2.50. The number of aliphatic hydroxyl groups excluding tert-OH is 1. The number of aliphatic carboxylic acids is 1. The predicted octanol–water partition coefficient (Wildman–Crippen LogP) is 0.946. The largest absolute Gasteiger partial charge is 0.507 e. The van der Waals surface area contributed by atoms with E-state index in [4.69, 9.17) is 19.9 Å². The molecule has 0 spiro atoms. The number of carbonyl (C=O) groups is 3. The number of carboxylic acids is 1. The minimum Gasteiger partial charge on any atom is -0.507 e. The molecule has 1 aliphatic heterocycles. The Bertz CT molecular complexity index is 1370. The predicted molar refractivity (Wildman–Crippen MR) is 135 cm³/mol. The number of hydrogen-bond donors (Lipinski definition) is 6. The van der Waals surface area contributed by atoms with Crippen molar-refractivity contribution in [2.75, 3.05) is 7.11 Å². The molecule has 5 rings (SSSR count). The van der Waals surface area contributed by atoms with E-state index < -0.39 is 89.2 Å². The van der Waals surface area contributed by atoms with Gasteiger partial charge in [0.2, 0.25) is 5.78 Å². The van der Waals surface area contributed by atoms with Crippen molar-refractivity contribution in [3.05, 3.63) is 51.6 Å². The molecule has 39 heavy (non-hydrogen) atoms. The van der Waals surface area contributed by atoms with Crippen LogP contribution >= 0.6 is 12.4 Å². The number of carboxylic acid groups (broad SMARTS) is 1. The number of hydrogen-bond acceptors (Lipinski definition) is 11. The number of methoxy groups -OCH3 is 1. The summed E-state index contributed by atoms with van der Waals surface area (Å²) in [4.78, 5) is 39.1. The number of rotatable bonds is 4. The molecular weight excluding hydrogens is 538 g/mol. The van der Waals surface area contributed by atoms with Gasteiger partial charge in [-0.05, 0) is 13.0 Å². The molecule has 13 heteroatoms. The van der Waals surface area contributed by atoms with Gasteiger partial charge in [0.25, 0.3) is 0 Å². The Hall–Kier alpha value is -3.26. The maximum atomic E-state index is 13.6. The van der Waals surface area contributed by atoms with Crippen molar-refractivity contribution in [2.45, 2.75) is 62.4 Å². The van der Waals surface area contributed by atoms with Crippen molar-refractivity contribution in [2.24, 2.45) is 5.73 Å². The second-order valence-corrected chi connectivity index (χ2v) is 9.88. The second kappa shape index (κ2) is 10.0. The summed E-state index contributed by atoms with van der Waals surface area (Å²) in [5.74, 6) is -4.52. The van der Waals surface area contributed by atoms with Gasteiger partial charge in [-0.15, -0.1) is 12.4 Å². The monoisotopic (exact) mass is 565 g/mol. The molecule has 12 nitrogen and oxygen atoms in total. The van der Waals surface area contributed by atoms with Gasteiger partial charge in [0.15, 0.2) is 17.7 Å². The summed E-state index contributed by atoms with van der Waals surface area (Å²) in [5.41, 5.74) is 1.98. The number of ketones is 2. The first kappa shape index (κ1) is 28.7. The van der Waals surface area contributed by atoms with E-state index in [0.717, 1.165) is 0 Å². The molecule has 0 saturated carbocycles. The Kier molecular flexibility index (Phi) is 7.40. The number of halogens is 1. The number of ether oxygens (including phenoxy) is 3. The molecule has 0 radical (unpaired) electrons. The van der Waals surface area contributed by atoms with E-state index in [-0.39, 0.29) is 46.8 Å². The Balaban J connectivity index is 0.00000353. The van der Waals surface area contributed by atoms with E-state index >= 15 is 0 Å². The topological polar surface area (TPSA) is 206 Å². The Morgan fingerprint density at radius 2 is 1.79 bits per heavy atom. The van der Waals surface area contributed by atoms with Crippen LogP contribution in [0.25, 0.3) is 0 Å². The fourth-order valence-electron chi connectivity index (χ4n) is 5.55. The molecule has 210 valence electrons. The molecule has 0 unspecified atom stereocenters. The minimum absolute atomic E-state index is 0. The van der Waals surface area contributed by atoms with Crippen LogP contribution in [-0.4, -0.2) is 80.3 Å². The highest BCUT2D eigenvalue weighted by atomic mass is 35.5. The first-order valence-corrected chi connectivity index (χ1v) is 12.0. The van der Waals surface area contributed by atoms with Crippen molar-refractivity contribution in [1.82, 2.24) is 0 Å². The van der Waals surface area contributed by atoms with Gasteiger partial charge < -0.3 is 45.5 Å². The highest BCUT2D eigenvalue weighted by molar-refractivity contribution is 6.31. The van der Waals surface area contributed by atoms with Gasteiger partial charge >= 0.3 is 5.97 Å². The number of carbonyl (C=O) groups excluding carboxylic acids is 2. The number of aromatic hydroxyl groups is 2. The van der Waals surface area contributed by atoms with Gasteiger partial charge in [0.1, 0.15) is 17.2 Å². The molecule has 0 aromatic heterocycles. The molecule has 0 amide bonds. The number of fused-ring (bicyclic) bond motifs is 3. The molecule has 2 aliphatic carbocycles. The summed E-state index contributed by atoms with van der Waals surface area (Å²) in [5, 5.41) is 53.5. The Labute approximate surface area is 228 Å². The molecule has 0 bridgehead atoms. The molecule has 7 N–H and O–H groups in total. The fourth-order valence-corrected chi connectivity index (χ4v) is 5.55. The molecule has 3 aliphatic rings. The van der Waals surface area contributed by atoms with Gasteiger partial charge in [0.05, 0.1) is 42.1 Å². The second-order valence-electron chi connectivity index (χ2n) is 9.88. The lowest BCUT2D eigenvalue weighted by molar-refractivity contribution is -0.248. The first-order valence-electron chi connectivity index (χ1n) is 12.0. The summed E-state index contributed by atoms with van der Waals surface area (Å²) < 4.78 is 16.9. The zero-order valence-corrected chi connectivity index (χ0v) is 21.7. The van der Waals surface area contributed by atoms with Gasteiger partial charge in [-0.25, -0.2) is 4.79 Å². The van der Waals surface area contributed by atoms with Gasteiger partial charge in [0, 0.05) is 42.0 Å². The van der Waals surface area contributed by atoms with E-state index in [1.54, 1.807) is 6.92 Å². The van der Waals surface area contributed by atoms with Crippen molar-refractivity contribution in [3.8, 4) is 17.2 Å². The fraction of sp³-hybridized carbons (Fsp3) is 0.423. The van der Waals surface area contributed by atoms with Crippen LogP contribution in [-0.2, 0) is 20.7 Å². The van der Waals surface area contributed by atoms with Gasteiger partial charge in [-0.3, -0.25) is 9.59 Å². The number of phenolic OH excluding ortho intramolecular Hbond substituents is 2. The summed E-state index contributed by atoms with van der Waals surface area (Å²) in [7, 11) is 1.32. The maximum Gasteiger partial charge on any atom is 0.336 e. The SMILES string of the molecule is COc1cccc2c1C(=O)c1c(O)c3c(c(O)c1C2=O)C[C@@](O)(C(=O)O)C[C@@H]3O[C@H]1C[C@H](N)[C@H](O)[C@H](C)O1.Cl. The lowest BCUT2D eigenvalue weighted by atomic mass is 9.73. The molecule has 1 fully saturated rings. The molecular formula is C26H28ClNO11. The van der Waals surface area contributed by atoms with Crippen LogP contribution in [0.4, 0.5) is 0 Å². The zero-order valence-electron chi connectivity index (χ0n) is 20.9. The summed E-state index contributed by atoms with van der Waals surface area (Å²) in [6, 6.07) is 3.60. The smallest absolute Gasteiger partial charge is 0.336 e. The van der Waals surface area contributed by atoms with E-state index in [2.05, 4.69) is 0 Å². The molecule has 1 heterocycles. The third kappa shape index (κ3) is 4.33. The quantitative estimate of drug-likeness (QED) is 0.244. The standard InChI is InChI=1S/C26H27NO11.ClH/c1-9-20(28)12(27)6-15(37-9)38-14-8-26(35,25(33)34)7-11-17(14)24(32)19-18(22(11)30)21(29)10-4-3-5-13(36-2)16(10)23(19)31;/h3-5,9,12,14-15,20,28,30,32,35H,6-8,27H2,1-2H3,(H,33,34);1H/t9-,12-,14-,15-,20+,26-;/m0./s1. The summed E-state index contributed by atoms with van der Waals surface area (Å²) >= 11 is 0. The van der Waals surface area contributed by atoms with E-state index in [9.17, 15) is 39.9 Å². The van der Waals surface area contributed by atoms with Crippen molar-refractivity contribution >= 4 is 29.9 Å². The lowest BCUT2D eigenvalue weighted by Gasteiger charge is -2.41. The number of nitrogens with two attached hydrogens (primary N) is 1. The van der Waals surface area contributed by atoms with Crippen molar-refractivity contribution < 1.29 is 54.1 Å². The van der Waals surface area contributed by atoms with Crippen LogP contribution in [0.15, 0.2) is 18.2 Å². The normalized spacial score (nSPS) is 29.5. The van der Waals surface area contributed by atoms with E-state index in [1.165, 1.54) is 25.3 Å². The average Bonchev–Trinajstić information content (AvgIpc) is 2.87. The minimum atomic E-state index is -2.44. The Morgan fingerprint density at radius 3 is 2.41 bits per heavy atom. The highest BCUT2D eigenvalue weighted by Crippen LogP contribution is 2.52. The van der Waals surface area contributed by atoms with E-state index in [1.807, 2.05) is 0 Å². The van der Waals surface area contributed by atoms with Crippen molar-refractivity contribution in [3.63, 3.8) is 0 Å². The number of phenols is 2. The third-order valence-electron chi connectivity index (χ3n) is 7.54. The maximum absolute atomic E-state index is 13.6. The van der Waals surface area contributed by atoms with Crippen LogP contribution in [0, 0.1) is 0 Å². The average molecular weight is 566 g/mol. The van der Waals surface area contributed by atoms with Gasteiger partial charge in [-0.1, -0.05) is 12.1 Å². The van der Waals surface area contributed by atoms with Crippen LogP contribution in [0.2, 0.25) is 0 Å². The number of aliphatic hydroxyl groups is 2. The van der Waals surface area contributed by atoms with Crippen LogP contribution < -0.4 is 10.5 Å². The van der Waals surface area contributed by atoms with Crippen molar-refractivity contribution in [1.29, 1.82) is 0 Å². The number of benzene rings is 2. The Morgan fingerprint density at radius 1 is 1.13 bits per heavy atom. The van der Waals surface area contributed by atoms with Crippen LogP contribution in [0.3, 0.4) is 0 Å². The first-order chi connectivity index (χ1) is 17.9. The van der Waals surface area contributed by atoms with E-state index in [0.29, 0.717) is 0 Å². The zero-order chi connectivity index (χ0) is 27.7. The molecule has 6 atom stereocenters. The molecule has 2 aromatic rings. The van der Waals surface area contributed by atoms with Crippen LogP contribution in [0.1, 0.15) is 68.8 Å².